The number of sulfonamides is 1. The molecule has 0 bridgehead atoms. The summed E-state index contributed by atoms with van der Waals surface area (Å²) in [6.45, 7) is 0.379. The Kier molecular flexibility index (Phi) is 6.87. The molecule has 1 heterocycles. The van der Waals surface area contributed by atoms with Gasteiger partial charge in [0, 0.05) is 30.6 Å². The minimum absolute atomic E-state index is 0.224. The largest absolute Gasteiger partial charge is 0.474 e. The Morgan fingerprint density at radius 3 is 2.62 bits per heavy atom. The number of hydrogen-bond donors (Lipinski definition) is 2. The van der Waals surface area contributed by atoms with Crippen molar-refractivity contribution in [3.8, 4) is 5.88 Å². The van der Waals surface area contributed by atoms with E-state index in [4.69, 9.17) is 4.74 Å². The molecule has 1 aliphatic carbocycles. The fourth-order valence-corrected chi connectivity index (χ4v) is 3.66. The first-order valence-corrected chi connectivity index (χ1v) is 11.4. The van der Waals surface area contributed by atoms with Gasteiger partial charge in [0.2, 0.25) is 21.8 Å². The maximum Gasteiger partial charge on any atom is 0.244 e. The van der Waals surface area contributed by atoms with Gasteiger partial charge >= 0.3 is 0 Å². The minimum Gasteiger partial charge on any atom is -0.474 e. The van der Waals surface area contributed by atoms with Crippen LogP contribution in [0.2, 0.25) is 0 Å². The highest BCUT2D eigenvalue weighted by atomic mass is 32.2. The number of aromatic nitrogens is 1. The highest BCUT2D eigenvalue weighted by Crippen LogP contribution is 2.23. The predicted octanol–water partition coefficient (Wildman–Crippen LogP) is 3.10. The lowest BCUT2D eigenvalue weighted by Crippen LogP contribution is -2.20. The Morgan fingerprint density at radius 1 is 1.21 bits per heavy atom. The number of carbonyl (C=O) groups excluding carboxylic acids is 1. The zero-order valence-electron chi connectivity index (χ0n) is 16.3. The van der Waals surface area contributed by atoms with Crippen LogP contribution in [0.15, 0.2) is 48.7 Å². The van der Waals surface area contributed by atoms with Crippen molar-refractivity contribution in [1.29, 1.82) is 0 Å². The molecule has 1 saturated carbocycles. The van der Waals surface area contributed by atoms with Crippen LogP contribution in [0.3, 0.4) is 0 Å². The Balaban J connectivity index is 1.49. The molecule has 154 valence electrons. The molecule has 1 aromatic heterocycles. The van der Waals surface area contributed by atoms with Crippen molar-refractivity contribution in [3.63, 3.8) is 0 Å². The lowest BCUT2D eigenvalue weighted by atomic mass is 10.2. The average molecular weight is 416 g/mol. The third-order valence-electron chi connectivity index (χ3n) is 4.50. The van der Waals surface area contributed by atoms with Crippen molar-refractivity contribution in [2.24, 2.45) is 0 Å². The van der Waals surface area contributed by atoms with Crippen LogP contribution in [0, 0.1) is 0 Å². The highest BCUT2D eigenvalue weighted by Gasteiger charge is 2.17. The van der Waals surface area contributed by atoms with Crippen LogP contribution in [0.25, 0.3) is 6.08 Å². The number of nitrogens with one attached hydrogen (secondary N) is 2. The maximum absolute atomic E-state index is 12.1. The van der Waals surface area contributed by atoms with Crippen molar-refractivity contribution in [2.45, 2.75) is 38.3 Å². The number of pyridine rings is 1. The van der Waals surface area contributed by atoms with Gasteiger partial charge in [-0.05, 0) is 61.1 Å². The standard InChI is InChI=1S/C21H25N3O4S/c1-29(26,27)24-18-9-6-16(7-10-18)8-11-20(25)23-15-17-12-13-22-21(14-17)28-19-4-2-3-5-19/h6-14,19,24H,2-5,15H2,1H3,(H,23,25)/b11-8+. The number of ether oxygens (including phenoxy) is 1. The molecule has 0 atom stereocenters. The van der Waals surface area contributed by atoms with Gasteiger partial charge in [-0.25, -0.2) is 13.4 Å². The normalized spacial score (nSPS) is 14.8. The Labute approximate surface area is 171 Å². The molecule has 1 aliphatic rings. The number of nitrogens with zero attached hydrogens (tertiary/aromatic N) is 1. The van der Waals surface area contributed by atoms with Crippen molar-refractivity contribution < 1.29 is 17.9 Å². The van der Waals surface area contributed by atoms with Crippen molar-refractivity contribution in [3.05, 3.63) is 59.8 Å². The molecule has 0 unspecified atom stereocenters. The first-order valence-electron chi connectivity index (χ1n) is 9.53. The molecule has 8 heteroatoms. The third-order valence-corrected chi connectivity index (χ3v) is 5.10. The van der Waals surface area contributed by atoms with Gasteiger partial charge in [0.25, 0.3) is 0 Å². The van der Waals surface area contributed by atoms with E-state index >= 15 is 0 Å². The summed E-state index contributed by atoms with van der Waals surface area (Å²) >= 11 is 0. The molecule has 1 aromatic carbocycles. The predicted molar refractivity (Wildman–Crippen MR) is 113 cm³/mol. The number of anilines is 1. The van der Waals surface area contributed by atoms with Crippen LogP contribution < -0.4 is 14.8 Å². The molecule has 0 spiro atoms. The zero-order valence-corrected chi connectivity index (χ0v) is 17.1. The molecule has 1 fully saturated rings. The molecule has 7 nitrogen and oxygen atoms in total. The van der Waals surface area contributed by atoms with Crippen LogP contribution >= 0.6 is 0 Å². The molecule has 0 radical (unpaired) electrons. The van der Waals surface area contributed by atoms with E-state index in [-0.39, 0.29) is 12.0 Å². The maximum atomic E-state index is 12.1. The monoisotopic (exact) mass is 415 g/mol. The molecular weight excluding hydrogens is 390 g/mol. The Morgan fingerprint density at radius 2 is 1.93 bits per heavy atom. The molecular formula is C21H25N3O4S. The summed E-state index contributed by atoms with van der Waals surface area (Å²) in [7, 11) is -3.31. The smallest absolute Gasteiger partial charge is 0.244 e. The number of hydrogen-bond acceptors (Lipinski definition) is 5. The third kappa shape index (κ3) is 7.23. The molecule has 0 aliphatic heterocycles. The molecule has 3 rings (SSSR count). The summed E-state index contributed by atoms with van der Waals surface area (Å²) in [6, 6.07) is 10.4. The van der Waals surface area contributed by atoms with E-state index in [9.17, 15) is 13.2 Å². The van der Waals surface area contributed by atoms with E-state index in [1.165, 1.54) is 18.9 Å². The molecule has 1 amide bonds. The second-order valence-corrected chi connectivity index (χ2v) is 8.82. The van der Waals surface area contributed by atoms with Gasteiger partial charge in [-0.15, -0.1) is 0 Å². The SMILES string of the molecule is CS(=O)(=O)Nc1ccc(/C=C/C(=O)NCc2ccnc(OC3CCCC3)c2)cc1. The van der Waals surface area contributed by atoms with Gasteiger partial charge in [0.1, 0.15) is 6.10 Å². The van der Waals surface area contributed by atoms with Crippen molar-refractivity contribution in [2.75, 3.05) is 11.0 Å². The minimum atomic E-state index is -3.31. The van der Waals surface area contributed by atoms with E-state index in [2.05, 4.69) is 15.0 Å². The second-order valence-electron chi connectivity index (χ2n) is 7.07. The number of carbonyl (C=O) groups is 1. The number of benzene rings is 1. The lowest BCUT2D eigenvalue weighted by Gasteiger charge is -2.12. The second kappa shape index (κ2) is 9.56. The molecule has 2 N–H and O–H groups in total. The fraction of sp³-hybridized carbons (Fsp3) is 0.333. The first-order chi connectivity index (χ1) is 13.9. The summed E-state index contributed by atoms with van der Waals surface area (Å²) < 4.78 is 30.7. The van der Waals surface area contributed by atoms with Gasteiger partial charge in [-0.2, -0.15) is 0 Å². The van der Waals surface area contributed by atoms with Crippen LogP contribution in [0.1, 0.15) is 36.8 Å². The molecule has 29 heavy (non-hydrogen) atoms. The number of amides is 1. The highest BCUT2D eigenvalue weighted by molar-refractivity contribution is 7.92. The van der Waals surface area contributed by atoms with E-state index in [1.807, 2.05) is 12.1 Å². The van der Waals surface area contributed by atoms with E-state index in [1.54, 1.807) is 36.5 Å². The quantitative estimate of drug-likeness (QED) is 0.646. The number of rotatable bonds is 8. The molecule has 2 aromatic rings. The van der Waals surface area contributed by atoms with E-state index in [0.717, 1.165) is 30.2 Å². The topological polar surface area (TPSA) is 97.4 Å². The van der Waals surface area contributed by atoms with Crippen LogP contribution in [-0.2, 0) is 21.4 Å². The summed E-state index contributed by atoms with van der Waals surface area (Å²) in [6.07, 6.45) is 10.7. The summed E-state index contributed by atoms with van der Waals surface area (Å²) in [4.78, 5) is 16.3. The van der Waals surface area contributed by atoms with E-state index in [0.29, 0.717) is 18.1 Å². The fourth-order valence-electron chi connectivity index (χ4n) is 3.10. The average Bonchev–Trinajstić information content (AvgIpc) is 3.18. The van der Waals surface area contributed by atoms with Gasteiger partial charge in [-0.3, -0.25) is 9.52 Å². The van der Waals surface area contributed by atoms with Crippen molar-refractivity contribution in [1.82, 2.24) is 10.3 Å². The Bertz CT molecular complexity index is 966. The van der Waals surface area contributed by atoms with Gasteiger partial charge < -0.3 is 10.1 Å². The zero-order chi connectivity index (χ0) is 20.7. The summed E-state index contributed by atoms with van der Waals surface area (Å²) in [5, 5.41) is 2.83. The van der Waals surface area contributed by atoms with Crippen molar-refractivity contribution >= 4 is 27.7 Å². The van der Waals surface area contributed by atoms with Gasteiger partial charge in [0.15, 0.2) is 0 Å². The lowest BCUT2D eigenvalue weighted by molar-refractivity contribution is -0.116. The van der Waals surface area contributed by atoms with E-state index < -0.39 is 10.0 Å². The van der Waals surface area contributed by atoms with Crippen LogP contribution in [0.4, 0.5) is 5.69 Å². The van der Waals surface area contributed by atoms with Gasteiger partial charge in [-0.1, -0.05) is 12.1 Å². The first kappa shape index (κ1) is 20.9. The van der Waals surface area contributed by atoms with Crippen LogP contribution in [-0.4, -0.2) is 31.7 Å². The molecule has 0 saturated heterocycles. The summed E-state index contributed by atoms with van der Waals surface area (Å²) in [5.41, 5.74) is 2.18. The Hall–Kier alpha value is -2.87. The summed E-state index contributed by atoms with van der Waals surface area (Å²) in [5.74, 6) is 0.375. The van der Waals surface area contributed by atoms with Gasteiger partial charge in [0.05, 0.1) is 6.26 Å². The van der Waals surface area contributed by atoms with Crippen LogP contribution in [0.5, 0.6) is 5.88 Å².